The third kappa shape index (κ3) is 3.56. The van der Waals surface area contributed by atoms with Gasteiger partial charge in [0.2, 0.25) is 0 Å². The van der Waals surface area contributed by atoms with Crippen LogP contribution in [0.1, 0.15) is 54.8 Å². The Morgan fingerprint density at radius 1 is 1.41 bits per heavy atom. The van der Waals surface area contributed by atoms with Gasteiger partial charge < -0.3 is 14.4 Å². The van der Waals surface area contributed by atoms with E-state index in [9.17, 15) is 4.79 Å². The molecule has 94 valence electrons. The summed E-state index contributed by atoms with van der Waals surface area (Å²) in [4.78, 5) is 10.6. The van der Waals surface area contributed by atoms with Crippen LogP contribution >= 0.6 is 0 Å². The van der Waals surface area contributed by atoms with E-state index in [1.54, 1.807) is 0 Å². The van der Waals surface area contributed by atoms with Crippen molar-refractivity contribution in [1.82, 2.24) is 5.16 Å². The summed E-state index contributed by atoms with van der Waals surface area (Å²) in [7, 11) is 0. The molecule has 5 heteroatoms. The Balaban J connectivity index is 1.81. The molecule has 1 heterocycles. The van der Waals surface area contributed by atoms with Gasteiger partial charge in [0, 0.05) is 6.07 Å². The number of carbonyl (C=O) groups is 1. The van der Waals surface area contributed by atoms with Crippen molar-refractivity contribution < 1.29 is 19.2 Å². The summed E-state index contributed by atoms with van der Waals surface area (Å²) in [5, 5.41) is 12.1. The molecule has 1 N–H and O–H groups in total. The molecule has 0 amide bonds. The highest BCUT2D eigenvalue weighted by molar-refractivity contribution is 5.85. The van der Waals surface area contributed by atoms with E-state index in [0.29, 0.717) is 12.4 Å². The zero-order valence-corrected chi connectivity index (χ0v) is 9.72. The number of nitrogens with zero attached hydrogens (tertiary/aromatic N) is 1. The summed E-state index contributed by atoms with van der Waals surface area (Å²) in [6, 6.07) is 1.42. The maximum Gasteiger partial charge on any atom is 0.358 e. The van der Waals surface area contributed by atoms with E-state index in [-0.39, 0.29) is 11.8 Å². The molecule has 1 saturated carbocycles. The first-order valence-corrected chi connectivity index (χ1v) is 6.06. The summed E-state index contributed by atoms with van der Waals surface area (Å²) >= 11 is 0. The molecule has 1 aromatic rings. The number of aromatic carboxylic acids is 1. The fraction of sp³-hybridized carbons (Fsp3) is 0.667. The summed E-state index contributed by atoms with van der Waals surface area (Å²) in [6.07, 6.45) is 7.43. The fourth-order valence-electron chi connectivity index (χ4n) is 2.09. The first-order chi connectivity index (χ1) is 8.25. The van der Waals surface area contributed by atoms with Gasteiger partial charge >= 0.3 is 5.97 Å². The second-order valence-corrected chi connectivity index (χ2v) is 4.41. The van der Waals surface area contributed by atoms with Gasteiger partial charge in [-0.25, -0.2) is 4.79 Å². The van der Waals surface area contributed by atoms with E-state index in [1.165, 1.54) is 31.7 Å². The van der Waals surface area contributed by atoms with Crippen LogP contribution in [0.15, 0.2) is 10.6 Å². The highest BCUT2D eigenvalue weighted by Crippen LogP contribution is 2.21. The zero-order valence-electron chi connectivity index (χ0n) is 9.72. The Labute approximate surface area is 99.7 Å². The number of hydrogen-bond acceptors (Lipinski definition) is 4. The van der Waals surface area contributed by atoms with Crippen molar-refractivity contribution in [3.8, 4) is 0 Å². The van der Waals surface area contributed by atoms with E-state index >= 15 is 0 Å². The van der Waals surface area contributed by atoms with Gasteiger partial charge in [0.1, 0.15) is 6.61 Å². The normalized spacial score (nSPS) is 17.9. The lowest BCUT2D eigenvalue weighted by Crippen LogP contribution is -2.11. The lowest BCUT2D eigenvalue weighted by Gasteiger charge is -2.13. The Morgan fingerprint density at radius 3 is 2.71 bits per heavy atom. The van der Waals surface area contributed by atoms with Crippen LogP contribution in [-0.4, -0.2) is 22.3 Å². The number of rotatable bonds is 4. The molecule has 0 aromatic carbocycles. The second-order valence-electron chi connectivity index (χ2n) is 4.41. The lowest BCUT2D eigenvalue weighted by molar-refractivity contribution is 0.0195. The van der Waals surface area contributed by atoms with Gasteiger partial charge in [-0.2, -0.15) is 0 Å². The first kappa shape index (κ1) is 12.1. The average molecular weight is 239 g/mol. The molecule has 0 atom stereocenters. The highest BCUT2D eigenvalue weighted by Gasteiger charge is 2.15. The summed E-state index contributed by atoms with van der Waals surface area (Å²) in [5.74, 6) is -0.596. The van der Waals surface area contributed by atoms with Crippen molar-refractivity contribution in [1.29, 1.82) is 0 Å². The number of carboxylic acid groups (broad SMARTS) is 1. The van der Waals surface area contributed by atoms with Crippen molar-refractivity contribution in [3.63, 3.8) is 0 Å². The van der Waals surface area contributed by atoms with Crippen LogP contribution in [0.3, 0.4) is 0 Å². The van der Waals surface area contributed by atoms with Gasteiger partial charge in [-0.3, -0.25) is 0 Å². The second kappa shape index (κ2) is 5.82. The van der Waals surface area contributed by atoms with Gasteiger partial charge in [-0.1, -0.05) is 30.8 Å². The molecule has 0 aliphatic heterocycles. The molecule has 0 unspecified atom stereocenters. The van der Waals surface area contributed by atoms with E-state index in [4.69, 9.17) is 14.4 Å². The molecule has 0 radical (unpaired) electrons. The molecule has 1 aromatic heterocycles. The fourth-order valence-corrected chi connectivity index (χ4v) is 2.09. The molecule has 0 saturated heterocycles. The van der Waals surface area contributed by atoms with Crippen molar-refractivity contribution >= 4 is 5.97 Å². The molecule has 1 aliphatic rings. The van der Waals surface area contributed by atoms with Crippen LogP contribution in [0.5, 0.6) is 0 Å². The predicted octanol–water partition coefficient (Wildman–Crippen LogP) is 2.61. The van der Waals surface area contributed by atoms with Crippen LogP contribution in [0.2, 0.25) is 0 Å². The number of hydrogen-bond donors (Lipinski definition) is 1. The Bertz CT molecular complexity index is 366. The van der Waals surface area contributed by atoms with E-state index in [0.717, 1.165) is 12.8 Å². The number of carboxylic acids is 1. The molecule has 1 fully saturated rings. The maximum absolute atomic E-state index is 10.6. The molecule has 0 bridgehead atoms. The molecule has 1 aliphatic carbocycles. The van der Waals surface area contributed by atoms with Crippen molar-refractivity contribution in [3.05, 3.63) is 17.5 Å². The topological polar surface area (TPSA) is 72.6 Å². The van der Waals surface area contributed by atoms with E-state index < -0.39 is 5.97 Å². The third-order valence-corrected chi connectivity index (χ3v) is 3.04. The standard InChI is InChI=1S/C12H17NO4/c14-12(15)11-7-10(17-13-11)8-16-9-5-3-1-2-4-6-9/h7,9H,1-6,8H2,(H,14,15). The SMILES string of the molecule is O=C(O)c1cc(COC2CCCCCC2)on1. The highest BCUT2D eigenvalue weighted by atomic mass is 16.5. The Kier molecular flexibility index (Phi) is 4.14. The Morgan fingerprint density at radius 2 is 2.12 bits per heavy atom. The quantitative estimate of drug-likeness (QED) is 0.817. The zero-order chi connectivity index (χ0) is 12.1. The van der Waals surface area contributed by atoms with Gasteiger partial charge in [-0.05, 0) is 12.8 Å². The van der Waals surface area contributed by atoms with E-state index in [1.807, 2.05) is 0 Å². The van der Waals surface area contributed by atoms with Gasteiger partial charge in [0.05, 0.1) is 6.10 Å². The maximum atomic E-state index is 10.6. The smallest absolute Gasteiger partial charge is 0.358 e. The van der Waals surface area contributed by atoms with Crippen molar-refractivity contribution in [2.24, 2.45) is 0 Å². The van der Waals surface area contributed by atoms with Gasteiger partial charge in [-0.15, -0.1) is 0 Å². The monoisotopic (exact) mass is 239 g/mol. The Hall–Kier alpha value is -1.36. The summed E-state index contributed by atoms with van der Waals surface area (Å²) in [6.45, 7) is 0.310. The van der Waals surface area contributed by atoms with E-state index in [2.05, 4.69) is 5.16 Å². The summed E-state index contributed by atoms with van der Waals surface area (Å²) in [5.41, 5.74) is -0.0653. The molecule has 17 heavy (non-hydrogen) atoms. The minimum absolute atomic E-state index is 0.0653. The minimum atomic E-state index is -1.07. The largest absolute Gasteiger partial charge is 0.476 e. The lowest BCUT2D eigenvalue weighted by atomic mass is 10.1. The summed E-state index contributed by atoms with van der Waals surface area (Å²) < 4.78 is 10.6. The van der Waals surface area contributed by atoms with Crippen LogP contribution < -0.4 is 0 Å². The molecule has 2 rings (SSSR count). The predicted molar refractivity (Wildman–Crippen MR) is 59.7 cm³/mol. The molecule has 5 nitrogen and oxygen atoms in total. The van der Waals surface area contributed by atoms with Crippen molar-refractivity contribution in [2.75, 3.05) is 0 Å². The van der Waals surface area contributed by atoms with Gasteiger partial charge in [0.25, 0.3) is 0 Å². The molecular formula is C12H17NO4. The first-order valence-electron chi connectivity index (χ1n) is 6.06. The third-order valence-electron chi connectivity index (χ3n) is 3.04. The number of aromatic nitrogens is 1. The minimum Gasteiger partial charge on any atom is -0.476 e. The van der Waals surface area contributed by atoms with Gasteiger partial charge in [0.15, 0.2) is 11.5 Å². The van der Waals surface area contributed by atoms with Crippen LogP contribution in [0.4, 0.5) is 0 Å². The van der Waals surface area contributed by atoms with Crippen LogP contribution in [-0.2, 0) is 11.3 Å². The van der Waals surface area contributed by atoms with Crippen LogP contribution in [0.25, 0.3) is 0 Å². The number of ether oxygens (including phenoxy) is 1. The average Bonchev–Trinajstić information content (AvgIpc) is 2.63. The molecular weight excluding hydrogens is 222 g/mol. The van der Waals surface area contributed by atoms with Crippen LogP contribution in [0, 0.1) is 0 Å². The molecule has 0 spiro atoms. The van der Waals surface area contributed by atoms with Crippen molar-refractivity contribution in [2.45, 2.75) is 51.2 Å².